The quantitative estimate of drug-likeness (QED) is 0.644. The van der Waals surface area contributed by atoms with Gasteiger partial charge in [-0.2, -0.15) is 0 Å². The summed E-state index contributed by atoms with van der Waals surface area (Å²) < 4.78 is 11.7. The van der Waals surface area contributed by atoms with Gasteiger partial charge in [-0.3, -0.25) is 9.59 Å². The van der Waals surface area contributed by atoms with Crippen LogP contribution in [0.4, 0.5) is 0 Å². The molecule has 4 rings (SSSR count). The molecule has 6 heteroatoms. The zero-order valence-corrected chi connectivity index (χ0v) is 16.9. The molecule has 0 spiro atoms. The topological polar surface area (TPSA) is 59.8 Å². The third-order valence-corrected chi connectivity index (χ3v) is 5.89. The Labute approximate surface area is 167 Å². The van der Waals surface area contributed by atoms with Gasteiger partial charge in [0.2, 0.25) is 0 Å². The monoisotopic (exact) mass is 397 g/mol. The molecule has 0 saturated carbocycles. The summed E-state index contributed by atoms with van der Waals surface area (Å²) in [5.41, 5.74) is 2.14. The van der Waals surface area contributed by atoms with Crippen LogP contribution in [-0.2, 0) is 11.3 Å². The third kappa shape index (κ3) is 3.88. The van der Waals surface area contributed by atoms with Crippen molar-refractivity contribution >= 4 is 28.2 Å². The Bertz CT molecular complexity index is 1050. The standard InChI is InChI=1S/C22H23NO4S/c1-14-9-15(2)21-18(10-14)19(24)11-20(27-21)22(25)23(12-16-5-3-7-26-16)13-17-6-4-8-28-17/h4,6,8-11,16H,3,5,7,12-13H2,1-2H3. The zero-order chi connectivity index (χ0) is 19.7. The Morgan fingerprint density at radius 1 is 1.29 bits per heavy atom. The summed E-state index contributed by atoms with van der Waals surface area (Å²) >= 11 is 1.60. The molecule has 3 heterocycles. The van der Waals surface area contributed by atoms with Crippen molar-refractivity contribution in [2.24, 2.45) is 0 Å². The molecular weight excluding hydrogens is 374 g/mol. The highest BCUT2D eigenvalue weighted by Gasteiger charge is 2.26. The van der Waals surface area contributed by atoms with Crippen molar-refractivity contribution in [3.8, 4) is 0 Å². The highest BCUT2D eigenvalue weighted by Crippen LogP contribution is 2.22. The van der Waals surface area contributed by atoms with Crippen LogP contribution in [-0.4, -0.2) is 30.1 Å². The fraction of sp³-hybridized carbons (Fsp3) is 0.364. The van der Waals surface area contributed by atoms with Crippen LogP contribution in [0.1, 0.15) is 39.4 Å². The summed E-state index contributed by atoms with van der Waals surface area (Å²) in [5, 5.41) is 2.50. The zero-order valence-electron chi connectivity index (χ0n) is 16.1. The van der Waals surface area contributed by atoms with E-state index >= 15 is 0 Å². The number of fused-ring (bicyclic) bond motifs is 1. The number of rotatable bonds is 5. The number of nitrogens with zero attached hydrogens (tertiary/aromatic N) is 1. The van der Waals surface area contributed by atoms with E-state index in [-0.39, 0.29) is 23.2 Å². The second-order valence-electron chi connectivity index (χ2n) is 7.33. The summed E-state index contributed by atoms with van der Waals surface area (Å²) in [7, 11) is 0. The number of ether oxygens (including phenoxy) is 1. The lowest BCUT2D eigenvalue weighted by Crippen LogP contribution is -2.37. The molecule has 2 aromatic heterocycles. The van der Waals surface area contributed by atoms with E-state index in [1.165, 1.54) is 6.07 Å². The van der Waals surface area contributed by atoms with E-state index in [0.29, 0.717) is 24.1 Å². The molecule has 5 nitrogen and oxygen atoms in total. The second-order valence-corrected chi connectivity index (χ2v) is 8.37. The van der Waals surface area contributed by atoms with Gasteiger partial charge in [0.1, 0.15) is 5.58 Å². The first kappa shape index (κ1) is 18.9. The summed E-state index contributed by atoms with van der Waals surface area (Å²) in [6.45, 7) is 5.53. The molecule has 0 radical (unpaired) electrons. The van der Waals surface area contributed by atoms with Crippen molar-refractivity contribution in [3.63, 3.8) is 0 Å². The summed E-state index contributed by atoms with van der Waals surface area (Å²) in [6, 6.07) is 9.05. The average Bonchev–Trinajstić information content (AvgIpc) is 3.35. The Kier molecular flexibility index (Phi) is 5.33. The second kappa shape index (κ2) is 7.89. The predicted octanol–water partition coefficient (Wildman–Crippen LogP) is 4.29. The predicted molar refractivity (Wildman–Crippen MR) is 110 cm³/mol. The number of amides is 1. The lowest BCUT2D eigenvalue weighted by Gasteiger charge is -2.24. The molecule has 146 valence electrons. The van der Waals surface area contributed by atoms with Gasteiger partial charge in [-0.25, -0.2) is 0 Å². The van der Waals surface area contributed by atoms with E-state index in [1.807, 2.05) is 37.4 Å². The first-order valence-corrected chi connectivity index (χ1v) is 10.4. The number of hydrogen-bond acceptors (Lipinski definition) is 5. The minimum absolute atomic E-state index is 0.0282. The van der Waals surface area contributed by atoms with E-state index in [9.17, 15) is 9.59 Å². The van der Waals surface area contributed by atoms with Crippen molar-refractivity contribution in [2.75, 3.05) is 13.2 Å². The van der Waals surface area contributed by atoms with Gasteiger partial charge < -0.3 is 14.1 Å². The molecule has 28 heavy (non-hydrogen) atoms. The maximum absolute atomic E-state index is 13.3. The first-order chi connectivity index (χ1) is 13.5. The van der Waals surface area contributed by atoms with Crippen molar-refractivity contribution in [2.45, 2.75) is 39.3 Å². The number of hydrogen-bond donors (Lipinski definition) is 0. The van der Waals surface area contributed by atoms with Gasteiger partial charge in [-0.15, -0.1) is 11.3 Å². The summed E-state index contributed by atoms with van der Waals surface area (Å²) in [5.74, 6) is -0.193. The molecular formula is C22H23NO4S. The SMILES string of the molecule is Cc1cc(C)c2oc(C(=O)N(Cc3cccs3)CC3CCCO3)cc(=O)c2c1. The van der Waals surface area contributed by atoms with Crippen LogP contribution < -0.4 is 5.43 Å². The normalized spacial score (nSPS) is 16.6. The number of thiophene rings is 1. The lowest BCUT2D eigenvalue weighted by molar-refractivity contribution is 0.0486. The summed E-state index contributed by atoms with van der Waals surface area (Å²) in [6.07, 6.45) is 1.98. The van der Waals surface area contributed by atoms with Crippen molar-refractivity contribution in [3.05, 3.63) is 67.7 Å². The Morgan fingerprint density at radius 3 is 2.86 bits per heavy atom. The maximum Gasteiger partial charge on any atom is 0.290 e. The van der Waals surface area contributed by atoms with Gasteiger partial charge in [-0.1, -0.05) is 12.1 Å². The Hall–Kier alpha value is -2.44. The van der Waals surface area contributed by atoms with Gasteiger partial charge >= 0.3 is 0 Å². The van der Waals surface area contributed by atoms with E-state index in [1.54, 1.807) is 22.3 Å². The molecule has 1 aliphatic heterocycles. The minimum atomic E-state index is -0.275. The molecule has 1 fully saturated rings. The Balaban J connectivity index is 1.69. The highest BCUT2D eigenvalue weighted by atomic mass is 32.1. The number of benzene rings is 1. The van der Waals surface area contributed by atoms with Gasteiger partial charge in [0.05, 0.1) is 18.0 Å². The average molecular weight is 397 g/mol. The molecule has 1 aliphatic rings. The number of carbonyl (C=O) groups is 1. The van der Waals surface area contributed by atoms with Crippen LogP contribution in [0.25, 0.3) is 11.0 Å². The van der Waals surface area contributed by atoms with Crippen LogP contribution in [0.3, 0.4) is 0 Å². The lowest BCUT2D eigenvalue weighted by atomic mass is 10.1. The van der Waals surface area contributed by atoms with Crippen molar-refractivity contribution in [1.82, 2.24) is 4.90 Å². The van der Waals surface area contributed by atoms with Crippen LogP contribution in [0, 0.1) is 13.8 Å². The minimum Gasteiger partial charge on any atom is -0.450 e. The molecule has 0 bridgehead atoms. The molecule has 1 saturated heterocycles. The van der Waals surface area contributed by atoms with Gasteiger partial charge in [0.15, 0.2) is 11.2 Å². The number of carbonyl (C=O) groups excluding carboxylic acids is 1. The van der Waals surface area contributed by atoms with Crippen LogP contribution in [0.5, 0.6) is 0 Å². The third-order valence-electron chi connectivity index (χ3n) is 5.03. The van der Waals surface area contributed by atoms with E-state index < -0.39 is 0 Å². The molecule has 0 aliphatic carbocycles. The van der Waals surface area contributed by atoms with Crippen LogP contribution in [0.2, 0.25) is 0 Å². The number of aryl methyl sites for hydroxylation is 2. The molecule has 1 aromatic carbocycles. The smallest absolute Gasteiger partial charge is 0.290 e. The fourth-order valence-corrected chi connectivity index (χ4v) is 4.43. The molecule has 0 N–H and O–H groups in total. The van der Waals surface area contributed by atoms with Gasteiger partial charge in [0, 0.05) is 24.1 Å². The van der Waals surface area contributed by atoms with E-state index in [2.05, 4.69) is 0 Å². The van der Waals surface area contributed by atoms with Gasteiger partial charge in [-0.05, 0) is 55.3 Å². The maximum atomic E-state index is 13.3. The van der Waals surface area contributed by atoms with Gasteiger partial charge in [0.25, 0.3) is 5.91 Å². The molecule has 1 unspecified atom stereocenters. The van der Waals surface area contributed by atoms with E-state index in [4.69, 9.17) is 9.15 Å². The fourth-order valence-electron chi connectivity index (χ4n) is 3.71. The largest absolute Gasteiger partial charge is 0.450 e. The molecule has 1 amide bonds. The Morgan fingerprint density at radius 2 is 2.14 bits per heavy atom. The first-order valence-electron chi connectivity index (χ1n) is 9.49. The summed E-state index contributed by atoms with van der Waals surface area (Å²) in [4.78, 5) is 28.7. The van der Waals surface area contributed by atoms with E-state index in [0.717, 1.165) is 35.5 Å². The van der Waals surface area contributed by atoms with Crippen molar-refractivity contribution < 1.29 is 13.9 Å². The molecule has 1 atom stereocenters. The van der Waals surface area contributed by atoms with Crippen LogP contribution >= 0.6 is 11.3 Å². The highest BCUT2D eigenvalue weighted by molar-refractivity contribution is 7.09. The van der Waals surface area contributed by atoms with Crippen molar-refractivity contribution in [1.29, 1.82) is 0 Å². The molecule has 3 aromatic rings. The van der Waals surface area contributed by atoms with Crippen LogP contribution in [0.15, 0.2) is 44.9 Å².